The van der Waals surface area contributed by atoms with Gasteiger partial charge in [0.25, 0.3) is 5.91 Å². The van der Waals surface area contributed by atoms with Crippen LogP contribution in [-0.4, -0.2) is 24.5 Å². The molecule has 1 aromatic heterocycles. The summed E-state index contributed by atoms with van der Waals surface area (Å²) < 4.78 is 11.2. The summed E-state index contributed by atoms with van der Waals surface area (Å²) in [6.07, 6.45) is -0.884. The predicted octanol–water partition coefficient (Wildman–Crippen LogP) is 4.21. The Morgan fingerprint density at radius 2 is 1.81 bits per heavy atom. The van der Waals surface area contributed by atoms with Gasteiger partial charge in [0.05, 0.1) is 0 Å². The van der Waals surface area contributed by atoms with Crippen molar-refractivity contribution in [2.24, 2.45) is 5.92 Å². The molecule has 3 rings (SSSR count). The lowest BCUT2D eigenvalue weighted by atomic mass is 10.1. The Bertz CT molecular complexity index is 971. The van der Waals surface area contributed by atoms with E-state index in [0.29, 0.717) is 23.6 Å². The van der Waals surface area contributed by atoms with Crippen molar-refractivity contribution in [2.75, 3.05) is 6.54 Å². The fraction of sp³-hybridized carbons (Fsp3) is 0.333. The zero-order chi connectivity index (χ0) is 18.8. The Balaban J connectivity index is 1.85. The standard InChI is InChI=1S/C21H23NO4/c1-12(2)11-22-20(23)14(4)25-21(24)18-13(3)16-10-9-15-7-5-6-8-17(15)19(16)26-18/h5-10,12,14H,11H2,1-4H3,(H,22,23)/t14-/m1/s1. The number of hydrogen-bond acceptors (Lipinski definition) is 4. The number of nitrogens with one attached hydrogen (secondary N) is 1. The van der Waals surface area contributed by atoms with Crippen LogP contribution in [0.1, 0.15) is 36.9 Å². The summed E-state index contributed by atoms with van der Waals surface area (Å²) in [5.74, 6) is -0.478. The molecule has 1 amide bonds. The van der Waals surface area contributed by atoms with Gasteiger partial charge in [0.1, 0.15) is 5.58 Å². The fourth-order valence-electron chi connectivity index (χ4n) is 2.86. The Hall–Kier alpha value is -2.82. The van der Waals surface area contributed by atoms with Gasteiger partial charge in [-0.2, -0.15) is 0 Å². The third kappa shape index (κ3) is 3.43. The van der Waals surface area contributed by atoms with E-state index < -0.39 is 12.1 Å². The first-order valence-electron chi connectivity index (χ1n) is 8.78. The number of furan rings is 1. The molecule has 5 nitrogen and oxygen atoms in total. The van der Waals surface area contributed by atoms with Gasteiger partial charge in [0, 0.05) is 22.9 Å². The lowest BCUT2D eigenvalue weighted by Crippen LogP contribution is -2.37. The largest absolute Gasteiger partial charge is 0.448 e. The van der Waals surface area contributed by atoms with E-state index in [9.17, 15) is 9.59 Å². The average molecular weight is 353 g/mol. The van der Waals surface area contributed by atoms with Crippen LogP contribution in [0.25, 0.3) is 21.7 Å². The third-order valence-corrected chi connectivity index (χ3v) is 4.35. The molecule has 0 aliphatic rings. The van der Waals surface area contributed by atoms with Crippen molar-refractivity contribution in [3.05, 3.63) is 47.7 Å². The molecule has 26 heavy (non-hydrogen) atoms. The zero-order valence-electron chi connectivity index (χ0n) is 15.5. The van der Waals surface area contributed by atoms with Gasteiger partial charge in [-0.15, -0.1) is 0 Å². The number of esters is 1. The minimum Gasteiger partial charge on any atom is -0.448 e. The van der Waals surface area contributed by atoms with Crippen LogP contribution in [0.15, 0.2) is 40.8 Å². The number of ether oxygens (including phenoxy) is 1. The van der Waals surface area contributed by atoms with Gasteiger partial charge in [-0.3, -0.25) is 4.79 Å². The van der Waals surface area contributed by atoms with Gasteiger partial charge >= 0.3 is 5.97 Å². The molecule has 0 aliphatic heterocycles. The molecule has 0 spiro atoms. The molecule has 1 atom stereocenters. The highest BCUT2D eigenvalue weighted by atomic mass is 16.6. The number of carbonyl (C=O) groups excluding carboxylic acids is 2. The Morgan fingerprint density at radius 3 is 2.54 bits per heavy atom. The number of hydrogen-bond donors (Lipinski definition) is 1. The molecule has 0 radical (unpaired) electrons. The Labute approximate surface area is 152 Å². The van der Waals surface area contributed by atoms with Crippen LogP contribution in [-0.2, 0) is 9.53 Å². The number of aryl methyl sites for hydroxylation is 1. The highest BCUT2D eigenvalue weighted by Gasteiger charge is 2.24. The minimum atomic E-state index is -0.884. The van der Waals surface area contributed by atoms with Gasteiger partial charge < -0.3 is 14.5 Å². The van der Waals surface area contributed by atoms with Crippen molar-refractivity contribution < 1.29 is 18.7 Å². The molecule has 0 aliphatic carbocycles. The fourth-order valence-corrected chi connectivity index (χ4v) is 2.86. The minimum absolute atomic E-state index is 0.139. The summed E-state index contributed by atoms with van der Waals surface area (Å²) in [6, 6.07) is 11.8. The first kappa shape index (κ1) is 18.0. The van der Waals surface area contributed by atoms with Crippen LogP contribution in [0.2, 0.25) is 0 Å². The van der Waals surface area contributed by atoms with Crippen molar-refractivity contribution in [3.8, 4) is 0 Å². The first-order valence-corrected chi connectivity index (χ1v) is 8.78. The van der Waals surface area contributed by atoms with E-state index in [4.69, 9.17) is 9.15 Å². The highest BCUT2D eigenvalue weighted by Crippen LogP contribution is 2.32. The Kier molecular flexibility index (Phi) is 4.98. The van der Waals surface area contributed by atoms with Gasteiger partial charge in [-0.25, -0.2) is 4.79 Å². The number of amides is 1. The van der Waals surface area contributed by atoms with Crippen molar-refractivity contribution in [2.45, 2.75) is 33.8 Å². The van der Waals surface area contributed by atoms with Crippen molar-refractivity contribution in [1.29, 1.82) is 0 Å². The van der Waals surface area contributed by atoms with Crippen LogP contribution in [0.3, 0.4) is 0 Å². The quantitative estimate of drug-likeness (QED) is 0.698. The molecule has 2 aromatic carbocycles. The highest BCUT2D eigenvalue weighted by molar-refractivity contribution is 6.08. The number of rotatable bonds is 5. The van der Waals surface area contributed by atoms with E-state index in [0.717, 1.165) is 16.2 Å². The average Bonchev–Trinajstić information content (AvgIpc) is 2.97. The molecule has 0 fully saturated rings. The van der Waals surface area contributed by atoms with E-state index in [1.165, 1.54) is 0 Å². The lowest BCUT2D eigenvalue weighted by molar-refractivity contribution is -0.129. The molecule has 1 N–H and O–H groups in total. The zero-order valence-corrected chi connectivity index (χ0v) is 15.5. The van der Waals surface area contributed by atoms with Crippen LogP contribution < -0.4 is 5.32 Å². The van der Waals surface area contributed by atoms with E-state index in [2.05, 4.69) is 5.32 Å². The maximum absolute atomic E-state index is 12.5. The molecular formula is C21H23NO4. The number of carbonyl (C=O) groups is 2. The van der Waals surface area contributed by atoms with E-state index in [1.54, 1.807) is 6.92 Å². The molecule has 5 heteroatoms. The van der Waals surface area contributed by atoms with Gasteiger partial charge in [-0.05, 0) is 25.2 Å². The molecule has 3 aromatic rings. The second-order valence-electron chi connectivity index (χ2n) is 6.91. The van der Waals surface area contributed by atoms with Gasteiger partial charge in [0.2, 0.25) is 5.76 Å². The van der Waals surface area contributed by atoms with Gasteiger partial charge in [-0.1, -0.05) is 50.2 Å². The molecule has 0 saturated heterocycles. The van der Waals surface area contributed by atoms with Crippen molar-refractivity contribution in [1.82, 2.24) is 5.32 Å². The molecule has 0 bridgehead atoms. The molecule has 1 heterocycles. The van der Waals surface area contributed by atoms with E-state index in [1.807, 2.05) is 57.2 Å². The third-order valence-electron chi connectivity index (χ3n) is 4.35. The topological polar surface area (TPSA) is 68.5 Å². The summed E-state index contributed by atoms with van der Waals surface area (Å²) in [6.45, 7) is 7.91. The summed E-state index contributed by atoms with van der Waals surface area (Å²) in [5.41, 5.74) is 1.37. The molecular weight excluding hydrogens is 330 g/mol. The normalized spacial score (nSPS) is 12.5. The van der Waals surface area contributed by atoms with Crippen molar-refractivity contribution >= 4 is 33.6 Å². The SMILES string of the molecule is Cc1c(C(=O)O[C@H](C)C(=O)NCC(C)C)oc2c1ccc1ccccc12. The van der Waals surface area contributed by atoms with Crippen LogP contribution >= 0.6 is 0 Å². The Morgan fingerprint density at radius 1 is 1.08 bits per heavy atom. The van der Waals surface area contributed by atoms with Crippen molar-refractivity contribution in [3.63, 3.8) is 0 Å². The van der Waals surface area contributed by atoms with E-state index >= 15 is 0 Å². The number of benzene rings is 2. The second-order valence-corrected chi connectivity index (χ2v) is 6.91. The smallest absolute Gasteiger partial charge is 0.375 e. The summed E-state index contributed by atoms with van der Waals surface area (Å²) in [4.78, 5) is 24.6. The molecule has 136 valence electrons. The van der Waals surface area contributed by atoms with E-state index in [-0.39, 0.29) is 11.7 Å². The summed E-state index contributed by atoms with van der Waals surface area (Å²) >= 11 is 0. The summed E-state index contributed by atoms with van der Waals surface area (Å²) in [5, 5.41) is 5.60. The monoisotopic (exact) mass is 353 g/mol. The lowest BCUT2D eigenvalue weighted by Gasteiger charge is -2.14. The number of fused-ring (bicyclic) bond motifs is 3. The maximum Gasteiger partial charge on any atom is 0.375 e. The van der Waals surface area contributed by atoms with Crippen LogP contribution in [0, 0.1) is 12.8 Å². The first-order chi connectivity index (χ1) is 12.4. The second kappa shape index (κ2) is 7.20. The maximum atomic E-state index is 12.5. The molecule has 0 unspecified atom stereocenters. The predicted molar refractivity (Wildman–Crippen MR) is 101 cm³/mol. The summed E-state index contributed by atoms with van der Waals surface area (Å²) in [7, 11) is 0. The molecule has 0 saturated carbocycles. The van der Waals surface area contributed by atoms with Crippen LogP contribution in [0.5, 0.6) is 0 Å². The van der Waals surface area contributed by atoms with Crippen LogP contribution in [0.4, 0.5) is 0 Å². The van der Waals surface area contributed by atoms with Gasteiger partial charge in [0.15, 0.2) is 6.10 Å².